The number of carbonyl (C=O) groups excluding carboxylic acids is 1. The summed E-state index contributed by atoms with van der Waals surface area (Å²) in [7, 11) is -0.702. The van der Waals surface area contributed by atoms with Crippen LogP contribution >= 0.6 is 0 Å². The number of nitrogen functional groups attached to an aromatic ring is 1. The molecule has 1 aromatic rings. The summed E-state index contributed by atoms with van der Waals surface area (Å²) in [5, 5.41) is 6.36. The van der Waals surface area contributed by atoms with Crippen LogP contribution in [0.25, 0.3) is 0 Å². The van der Waals surface area contributed by atoms with Gasteiger partial charge < -0.3 is 11.1 Å². The van der Waals surface area contributed by atoms with Gasteiger partial charge in [0.2, 0.25) is 15.9 Å². The van der Waals surface area contributed by atoms with Crippen LogP contribution < -0.4 is 15.8 Å². The highest BCUT2D eigenvalue weighted by atomic mass is 32.2. The number of anilines is 1. The number of carbonyl (C=O) groups is 1. The maximum absolute atomic E-state index is 12.3. The molecule has 0 radical (unpaired) electrons. The zero-order valence-corrected chi connectivity index (χ0v) is 13.1. The molecule has 0 bridgehead atoms. The Kier molecular flexibility index (Phi) is 4.45. The molecular formula is C11H21N5O3S. The lowest BCUT2D eigenvalue weighted by molar-refractivity contribution is -0.128. The highest BCUT2D eigenvalue weighted by Crippen LogP contribution is 2.22. The summed E-state index contributed by atoms with van der Waals surface area (Å²) >= 11 is 0. The Labute approximate surface area is 118 Å². The molecule has 20 heavy (non-hydrogen) atoms. The summed E-state index contributed by atoms with van der Waals surface area (Å²) in [5.74, 6) is -0.314. The van der Waals surface area contributed by atoms with Gasteiger partial charge in [-0.3, -0.25) is 9.48 Å². The fourth-order valence-electron chi connectivity index (χ4n) is 1.71. The molecule has 0 spiro atoms. The number of rotatable bonds is 5. The molecule has 1 heterocycles. The van der Waals surface area contributed by atoms with Crippen molar-refractivity contribution in [1.29, 1.82) is 0 Å². The van der Waals surface area contributed by atoms with Gasteiger partial charge in [-0.05, 0) is 20.8 Å². The maximum Gasteiger partial charge on any atom is 0.246 e. The Morgan fingerprint density at radius 1 is 1.45 bits per heavy atom. The molecule has 0 aliphatic carbocycles. The van der Waals surface area contributed by atoms with Gasteiger partial charge in [0, 0.05) is 20.6 Å². The summed E-state index contributed by atoms with van der Waals surface area (Å²) in [6, 6.07) is 0. The number of aromatic nitrogens is 2. The van der Waals surface area contributed by atoms with E-state index in [1.165, 1.54) is 11.7 Å². The van der Waals surface area contributed by atoms with Gasteiger partial charge in [0.25, 0.3) is 0 Å². The lowest BCUT2D eigenvalue weighted by Gasteiger charge is -2.22. The predicted octanol–water partition coefficient (Wildman–Crippen LogP) is -0.639. The van der Waals surface area contributed by atoms with Crippen LogP contribution in [0.4, 0.5) is 5.82 Å². The molecule has 1 amide bonds. The minimum Gasteiger partial charge on any atom is -0.381 e. The Morgan fingerprint density at radius 3 is 2.40 bits per heavy atom. The summed E-state index contributed by atoms with van der Waals surface area (Å²) < 4.78 is 28.3. The number of nitrogens with two attached hydrogens (primary N) is 1. The maximum atomic E-state index is 12.3. The smallest absolute Gasteiger partial charge is 0.246 e. The number of hydrogen-bond donors (Lipinski definition) is 3. The van der Waals surface area contributed by atoms with Gasteiger partial charge in [0.1, 0.15) is 4.90 Å². The van der Waals surface area contributed by atoms with E-state index in [1.807, 2.05) is 0 Å². The van der Waals surface area contributed by atoms with Gasteiger partial charge in [0.15, 0.2) is 5.82 Å². The van der Waals surface area contributed by atoms with Gasteiger partial charge in [-0.2, -0.15) is 5.10 Å². The van der Waals surface area contributed by atoms with E-state index in [2.05, 4.69) is 15.1 Å². The first-order chi connectivity index (χ1) is 9.03. The van der Waals surface area contributed by atoms with E-state index in [4.69, 9.17) is 5.73 Å². The van der Waals surface area contributed by atoms with Gasteiger partial charge >= 0.3 is 0 Å². The highest BCUT2D eigenvalue weighted by Gasteiger charge is 2.31. The lowest BCUT2D eigenvalue weighted by atomic mass is 9.93. The second kappa shape index (κ2) is 5.41. The molecule has 0 atom stereocenters. The van der Waals surface area contributed by atoms with Crippen LogP contribution in [0.15, 0.2) is 4.90 Å². The first kappa shape index (κ1) is 16.4. The Bertz CT molecular complexity index is 618. The van der Waals surface area contributed by atoms with Gasteiger partial charge in [-0.1, -0.05) is 0 Å². The van der Waals surface area contributed by atoms with Crippen LogP contribution in [-0.2, 0) is 21.9 Å². The van der Waals surface area contributed by atoms with Crippen molar-refractivity contribution in [2.75, 3.05) is 19.3 Å². The normalized spacial score (nSPS) is 12.4. The zero-order chi connectivity index (χ0) is 15.7. The fourth-order valence-corrected chi connectivity index (χ4v) is 3.25. The van der Waals surface area contributed by atoms with Crippen LogP contribution in [-0.4, -0.2) is 37.7 Å². The van der Waals surface area contributed by atoms with E-state index >= 15 is 0 Å². The second-order valence-corrected chi connectivity index (χ2v) is 6.91. The van der Waals surface area contributed by atoms with E-state index in [1.54, 1.807) is 27.8 Å². The minimum atomic E-state index is -3.81. The second-order valence-electron chi connectivity index (χ2n) is 5.21. The number of amides is 1. The molecule has 1 rings (SSSR count). The Hall–Kier alpha value is -1.61. The van der Waals surface area contributed by atoms with E-state index in [9.17, 15) is 13.2 Å². The average Bonchev–Trinajstić information content (AvgIpc) is 2.60. The highest BCUT2D eigenvalue weighted by molar-refractivity contribution is 7.89. The molecule has 114 valence electrons. The van der Waals surface area contributed by atoms with Crippen LogP contribution in [0.1, 0.15) is 19.5 Å². The summed E-state index contributed by atoms with van der Waals surface area (Å²) in [6.07, 6.45) is 0. The monoisotopic (exact) mass is 303 g/mol. The summed E-state index contributed by atoms with van der Waals surface area (Å²) in [6.45, 7) is 4.87. The molecule has 8 nitrogen and oxygen atoms in total. The number of hydrogen-bond acceptors (Lipinski definition) is 5. The van der Waals surface area contributed by atoms with Gasteiger partial charge in [-0.25, -0.2) is 13.1 Å². The van der Waals surface area contributed by atoms with E-state index < -0.39 is 15.4 Å². The standard InChI is InChI=1S/C11H21N5O3S/c1-7-8(9(12)15-16(7)5)20(18,19)14-6-11(2,3)10(17)13-4/h14H,6H2,1-5H3,(H2,12,15)(H,13,17). The lowest BCUT2D eigenvalue weighted by Crippen LogP contribution is -2.43. The van der Waals surface area contributed by atoms with Crippen molar-refractivity contribution >= 4 is 21.7 Å². The van der Waals surface area contributed by atoms with E-state index in [0.717, 1.165) is 0 Å². The molecule has 0 fully saturated rings. The Balaban J connectivity index is 3.00. The van der Waals surface area contributed by atoms with E-state index in [0.29, 0.717) is 5.69 Å². The van der Waals surface area contributed by atoms with Crippen LogP contribution in [0, 0.1) is 12.3 Å². The van der Waals surface area contributed by atoms with E-state index in [-0.39, 0.29) is 23.2 Å². The first-order valence-electron chi connectivity index (χ1n) is 6.04. The van der Waals surface area contributed by atoms with Crippen molar-refractivity contribution in [1.82, 2.24) is 19.8 Å². The number of nitrogens with one attached hydrogen (secondary N) is 2. The van der Waals surface area contributed by atoms with Crippen molar-refractivity contribution in [2.45, 2.75) is 25.7 Å². The average molecular weight is 303 g/mol. The fraction of sp³-hybridized carbons (Fsp3) is 0.636. The topological polar surface area (TPSA) is 119 Å². The molecular weight excluding hydrogens is 282 g/mol. The SMILES string of the molecule is CNC(=O)C(C)(C)CNS(=O)(=O)c1c(N)nn(C)c1C. The first-order valence-corrected chi connectivity index (χ1v) is 7.52. The number of aryl methyl sites for hydroxylation is 1. The largest absolute Gasteiger partial charge is 0.381 e. The molecule has 4 N–H and O–H groups in total. The van der Waals surface area contributed by atoms with Gasteiger partial charge in [-0.15, -0.1) is 0 Å². The quantitative estimate of drug-likeness (QED) is 0.668. The molecule has 0 aliphatic heterocycles. The van der Waals surface area contributed by atoms with Crippen molar-refractivity contribution in [2.24, 2.45) is 12.5 Å². The Morgan fingerprint density at radius 2 is 2.00 bits per heavy atom. The van der Waals surface area contributed by atoms with Crippen molar-refractivity contribution < 1.29 is 13.2 Å². The van der Waals surface area contributed by atoms with Crippen LogP contribution in [0.3, 0.4) is 0 Å². The minimum absolute atomic E-state index is 0.0389. The van der Waals surface area contributed by atoms with Crippen molar-refractivity contribution in [3.63, 3.8) is 0 Å². The van der Waals surface area contributed by atoms with Crippen molar-refractivity contribution in [3.05, 3.63) is 5.69 Å². The molecule has 0 aliphatic rings. The molecule has 0 unspecified atom stereocenters. The molecule has 0 saturated heterocycles. The number of sulfonamides is 1. The molecule has 1 aromatic heterocycles. The summed E-state index contributed by atoms with van der Waals surface area (Å²) in [5.41, 5.74) is 5.19. The molecule has 9 heteroatoms. The predicted molar refractivity (Wildman–Crippen MR) is 75.4 cm³/mol. The molecule has 0 aromatic carbocycles. The number of nitrogens with zero attached hydrogens (tertiary/aromatic N) is 2. The molecule has 0 saturated carbocycles. The van der Waals surface area contributed by atoms with Crippen molar-refractivity contribution in [3.8, 4) is 0 Å². The third-order valence-corrected chi connectivity index (χ3v) is 4.69. The van der Waals surface area contributed by atoms with Crippen LogP contribution in [0.5, 0.6) is 0 Å². The third kappa shape index (κ3) is 3.10. The summed E-state index contributed by atoms with van der Waals surface area (Å²) in [4.78, 5) is 11.6. The van der Waals surface area contributed by atoms with Gasteiger partial charge in [0.05, 0.1) is 11.1 Å². The third-order valence-electron chi connectivity index (χ3n) is 3.12. The zero-order valence-electron chi connectivity index (χ0n) is 12.3. The van der Waals surface area contributed by atoms with Crippen LogP contribution in [0.2, 0.25) is 0 Å².